The number of amides is 1. The summed E-state index contributed by atoms with van der Waals surface area (Å²) in [5.41, 5.74) is 0.711. The summed E-state index contributed by atoms with van der Waals surface area (Å²) in [4.78, 5) is 14.4. The molecule has 1 atom stereocenters. The SMILES string of the molecule is CC[C@H](C)N(Cc1ccc(OC)c(OS(=O)(=O)c2ccc(F)cc2)c1)C(=O)CC(C)C. The molecular formula is C23H30FNO5S. The molecule has 2 aromatic carbocycles. The summed E-state index contributed by atoms with van der Waals surface area (Å²) in [6.07, 6.45) is 1.23. The molecule has 6 nitrogen and oxygen atoms in total. The summed E-state index contributed by atoms with van der Waals surface area (Å²) in [5.74, 6) is -0.0336. The largest absolute Gasteiger partial charge is 0.493 e. The summed E-state index contributed by atoms with van der Waals surface area (Å²) in [6.45, 7) is 8.30. The van der Waals surface area contributed by atoms with Gasteiger partial charge in [0.1, 0.15) is 10.7 Å². The van der Waals surface area contributed by atoms with E-state index in [1.165, 1.54) is 7.11 Å². The molecule has 0 unspecified atom stereocenters. The first-order chi connectivity index (χ1) is 14.6. The van der Waals surface area contributed by atoms with Gasteiger partial charge < -0.3 is 13.8 Å². The minimum atomic E-state index is -4.19. The molecule has 0 saturated heterocycles. The molecule has 31 heavy (non-hydrogen) atoms. The maximum Gasteiger partial charge on any atom is 0.339 e. The van der Waals surface area contributed by atoms with Gasteiger partial charge in [-0.1, -0.05) is 26.8 Å². The number of benzene rings is 2. The van der Waals surface area contributed by atoms with Crippen LogP contribution >= 0.6 is 0 Å². The van der Waals surface area contributed by atoms with Gasteiger partial charge in [0.25, 0.3) is 0 Å². The van der Waals surface area contributed by atoms with Crippen molar-refractivity contribution in [2.24, 2.45) is 5.92 Å². The van der Waals surface area contributed by atoms with E-state index in [1.54, 1.807) is 23.1 Å². The predicted molar refractivity (Wildman–Crippen MR) is 117 cm³/mol. The van der Waals surface area contributed by atoms with Crippen molar-refractivity contribution in [1.82, 2.24) is 4.90 Å². The molecule has 0 spiro atoms. The van der Waals surface area contributed by atoms with Gasteiger partial charge in [0.15, 0.2) is 11.5 Å². The highest BCUT2D eigenvalue weighted by atomic mass is 32.2. The number of halogens is 1. The van der Waals surface area contributed by atoms with Crippen LogP contribution in [0.3, 0.4) is 0 Å². The fourth-order valence-corrected chi connectivity index (χ4v) is 3.96. The van der Waals surface area contributed by atoms with Crippen LogP contribution in [0.4, 0.5) is 4.39 Å². The van der Waals surface area contributed by atoms with E-state index >= 15 is 0 Å². The van der Waals surface area contributed by atoms with Crippen molar-refractivity contribution < 1.29 is 26.5 Å². The zero-order valence-corrected chi connectivity index (χ0v) is 19.4. The van der Waals surface area contributed by atoms with Crippen molar-refractivity contribution in [3.05, 3.63) is 53.8 Å². The zero-order chi connectivity index (χ0) is 23.2. The Morgan fingerprint density at radius 3 is 2.26 bits per heavy atom. The second-order valence-electron chi connectivity index (χ2n) is 7.85. The van der Waals surface area contributed by atoms with E-state index in [4.69, 9.17) is 8.92 Å². The summed E-state index contributed by atoms with van der Waals surface area (Å²) >= 11 is 0. The molecule has 1 amide bonds. The number of carbonyl (C=O) groups is 1. The van der Waals surface area contributed by atoms with E-state index in [-0.39, 0.29) is 34.3 Å². The van der Waals surface area contributed by atoms with Gasteiger partial charge in [0.05, 0.1) is 7.11 Å². The van der Waals surface area contributed by atoms with Crippen molar-refractivity contribution in [2.75, 3.05) is 7.11 Å². The Labute approximate surface area is 184 Å². The Morgan fingerprint density at radius 2 is 1.71 bits per heavy atom. The molecule has 2 aromatic rings. The van der Waals surface area contributed by atoms with E-state index in [0.717, 1.165) is 30.7 Å². The Balaban J connectivity index is 2.34. The first-order valence-electron chi connectivity index (χ1n) is 10.2. The monoisotopic (exact) mass is 451 g/mol. The summed E-state index contributed by atoms with van der Waals surface area (Å²) in [6, 6.07) is 9.33. The minimum absolute atomic E-state index is 0.00438. The lowest BCUT2D eigenvalue weighted by atomic mass is 10.1. The van der Waals surface area contributed by atoms with Gasteiger partial charge in [-0.25, -0.2) is 4.39 Å². The summed E-state index contributed by atoms with van der Waals surface area (Å²) in [7, 11) is -2.78. The molecule has 0 aliphatic rings. The number of nitrogens with zero attached hydrogens (tertiary/aromatic N) is 1. The molecule has 2 rings (SSSR count). The third kappa shape index (κ3) is 6.69. The standard InChI is InChI=1S/C23H30FNO5S/c1-6-17(4)25(23(26)13-16(2)3)15-18-7-12-21(29-5)22(14-18)30-31(27,28)20-10-8-19(24)9-11-20/h7-12,14,16-17H,6,13,15H2,1-5H3/t17-/m0/s1. The average Bonchev–Trinajstić information content (AvgIpc) is 2.71. The van der Waals surface area contributed by atoms with Crippen LogP contribution < -0.4 is 8.92 Å². The van der Waals surface area contributed by atoms with Crippen LogP contribution in [-0.4, -0.2) is 32.4 Å². The Kier molecular flexibility index (Phi) is 8.44. The van der Waals surface area contributed by atoms with Gasteiger partial charge >= 0.3 is 10.1 Å². The predicted octanol–water partition coefficient (Wildman–Crippen LogP) is 4.78. The normalized spacial score (nSPS) is 12.5. The van der Waals surface area contributed by atoms with Gasteiger partial charge in [-0.3, -0.25) is 4.79 Å². The van der Waals surface area contributed by atoms with E-state index in [1.807, 2.05) is 27.7 Å². The molecule has 0 saturated carbocycles. The van der Waals surface area contributed by atoms with Crippen LogP contribution in [0, 0.1) is 11.7 Å². The van der Waals surface area contributed by atoms with Crippen molar-refractivity contribution in [3.8, 4) is 11.5 Å². The van der Waals surface area contributed by atoms with Crippen LogP contribution in [-0.2, 0) is 21.5 Å². The highest BCUT2D eigenvalue weighted by molar-refractivity contribution is 7.87. The smallest absolute Gasteiger partial charge is 0.339 e. The number of hydrogen-bond acceptors (Lipinski definition) is 5. The number of ether oxygens (including phenoxy) is 1. The molecule has 0 aromatic heterocycles. The Hall–Kier alpha value is -2.61. The molecule has 0 aliphatic heterocycles. The quantitative estimate of drug-likeness (QED) is 0.486. The van der Waals surface area contributed by atoms with Crippen LogP contribution in [0.5, 0.6) is 11.5 Å². The first kappa shape index (κ1) is 24.7. The Bertz CT molecular complexity index is 990. The molecule has 0 radical (unpaired) electrons. The van der Waals surface area contributed by atoms with Crippen molar-refractivity contribution >= 4 is 16.0 Å². The second kappa shape index (κ2) is 10.6. The summed E-state index contributed by atoms with van der Waals surface area (Å²) in [5, 5.41) is 0. The zero-order valence-electron chi connectivity index (χ0n) is 18.6. The molecule has 0 bridgehead atoms. The lowest BCUT2D eigenvalue weighted by Gasteiger charge is -2.29. The van der Waals surface area contributed by atoms with Crippen LogP contribution in [0.15, 0.2) is 47.4 Å². The molecule has 170 valence electrons. The van der Waals surface area contributed by atoms with Crippen molar-refractivity contribution in [1.29, 1.82) is 0 Å². The number of methoxy groups -OCH3 is 1. The fourth-order valence-electron chi connectivity index (χ4n) is 3.03. The van der Waals surface area contributed by atoms with Gasteiger partial charge in [0.2, 0.25) is 5.91 Å². The summed E-state index contributed by atoms with van der Waals surface area (Å²) < 4.78 is 49.0. The van der Waals surface area contributed by atoms with Gasteiger partial charge in [0, 0.05) is 19.0 Å². The molecule has 0 aliphatic carbocycles. The van der Waals surface area contributed by atoms with E-state index in [2.05, 4.69) is 0 Å². The van der Waals surface area contributed by atoms with Crippen LogP contribution in [0.25, 0.3) is 0 Å². The van der Waals surface area contributed by atoms with E-state index in [9.17, 15) is 17.6 Å². The average molecular weight is 452 g/mol. The fraction of sp³-hybridized carbons (Fsp3) is 0.435. The highest BCUT2D eigenvalue weighted by Gasteiger charge is 2.23. The maximum absolute atomic E-state index is 13.1. The van der Waals surface area contributed by atoms with Gasteiger partial charge in [-0.15, -0.1) is 0 Å². The second-order valence-corrected chi connectivity index (χ2v) is 9.40. The van der Waals surface area contributed by atoms with E-state index < -0.39 is 15.9 Å². The van der Waals surface area contributed by atoms with E-state index in [0.29, 0.717) is 18.5 Å². The molecular weight excluding hydrogens is 421 g/mol. The molecule has 0 N–H and O–H groups in total. The third-order valence-electron chi connectivity index (χ3n) is 4.91. The first-order valence-corrected chi connectivity index (χ1v) is 11.6. The number of carbonyl (C=O) groups excluding carboxylic acids is 1. The van der Waals surface area contributed by atoms with Crippen molar-refractivity contribution in [3.63, 3.8) is 0 Å². The lowest BCUT2D eigenvalue weighted by molar-refractivity contribution is -0.134. The van der Waals surface area contributed by atoms with Crippen LogP contribution in [0.1, 0.15) is 46.1 Å². The number of hydrogen-bond donors (Lipinski definition) is 0. The lowest BCUT2D eigenvalue weighted by Crippen LogP contribution is -2.38. The van der Waals surface area contributed by atoms with Crippen molar-refractivity contribution in [2.45, 2.75) is 58.0 Å². The maximum atomic E-state index is 13.1. The molecule has 0 fully saturated rings. The molecule has 8 heteroatoms. The third-order valence-corrected chi connectivity index (χ3v) is 6.16. The minimum Gasteiger partial charge on any atom is -0.493 e. The van der Waals surface area contributed by atoms with Gasteiger partial charge in [-0.05, 0) is 61.2 Å². The van der Waals surface area contributed by atoms with Gasteiger partial charge in [-0.2, -0.15) is 8.42 Å². The Morgan fingerprint density at radius 1 is 1.06 bits per heavy atom. The topological polar surface area (TPSA) is 72.9 Å². The molecule has 0 heterocycles. The highest BCUT2D eigenvalue weighted by Crippen LogP contribution is 2.32. The van der Waals surface area contributed by atoms with Crippen LogP contribution in [0.2, 0.25) is 0 Å². The number of rotatable bonds is 10.